The molecule has 0 saturated carbocycles. The molecule has 0 aromatic heterocycles. The molecule has 0 aliphatic carbocycles. The number of hydrogen-bond donors (Lipinski definition) is 2. The lowest BCUT2D eigenvalue weighted by Crippen LogP contribution is -2.15. The molecule has 0 spiro atoms. The fourth-order valence-electron chi connectivity index (χ4n) is 3.03. The summed E-state index contributed by atoms with van der Waals surface area (Å²) in [6.45, 7) is 0. The first-order valence-corrected chi connectivity index (χ1v) is 11.6. The van der Waals surface area contributed by atoms with Crippen LogP contribution in [0.5, 0.6) is 23.0 Å². The van der Waals surface area contributed by atoms with Gasteiger partial charge in [0.15, 0.2) is 0 Å². The number of phenolic OH excluding ortho intramolecular Hbond substituents is 2. The van der Waals surface area contributed by atoms with Crippen LogP contribution < -0.4 is 9.47 Å². The second kappa shape index (κ2) is 9.78. The van der Waals surface area contributed by atoms with Gasteiger partial charge in [0, 0.05) is 20.8 Å². The SMILES string of the molecule is Oc1cc(O)c(-c2ccc(OC(Oc3ccc(I)cc3)c3ccccc3)cc2)cc1I. The third-order valence-corrected chi connectivity index (χ3v) is 6.19. The Labute approximate surface area is 207 Å². The molecule has 6 heteroatoms. The van der Waals surface area contributed by atoms with Crippen LogP contribution in [0.4, 0.5) is 0 Å². The van der Waals surface area contributed by atoms with Gasteiger partial charge in [-0.05, 0) is 93.2 Å². The molecule has 0 heterocycles. The van der Waals surface area contributed by atoms with E-state index >= 15 is 0 Å². The van der Waals surface area contributed by atoms with E-state index in [0.717, 1.165) is 20.4 Å². The molecule has 0 amide bonds. The van der Waals surface area contributed by atoms with Crippen LogP contribution in [-0.2, 0) is 0 Å². The number of halogens is 2. The Bertz CT molecular complexity index is 1160. The van der Waals surface area contributed by atoms with Gasteiger partial charge in [0.25, 0.3) is 6.29 Å². The second-order valence-electron chi connectivity index (χ2n) is 6.78. The van der Waals surface area contributed by atoms with E-state index in [9.17, 15) is 10.2 Å². The van der Waals surface area contributed by atoms with Crippen molar-refractivity contribution in [3.63, 3.8) is 0 Å². The van der Waals surface area contributed by atoms with E-state index in [-0.39, 0.29) is 11.5 Å². The Balaban J connectivity index is 1.58. The molecule has 4 nitrogen and oxygen atoms in total. The molecular formula is C25H18I2O4. The lowest BCUT2D eigenvalue weighted by Gasteiger charge is -2.21. The molecule has 156 valence electrons. The van der Waals surface area contributed by atoms with Crippen molar-refractivity contribution >= 4 is 45.2 Å². The zero-order valence-electron chi connectivity index (χ0n) is 16.2. The lowest BCUT2D eigenvalue weighted by molar-refractivity contribution is 0.00381. The van der Waals surface area contributed by atoms with Crippen LogP contribution in [-0.4, -0.2) is 10.2 Å². The summed E-state index contributed by atoms with van der Waals surface area (Å²) in [6, 6.07) is 28.1. The van der Waals surface area contributed by atoms with Gasteiger partial charge in [-0.15, -0.1) is 0 Å². The fraction of sp³-hybridized carbons (Fsp3) is 0.0400. The zero-order valence-corrected chi connectivity index (χ0v) is 20.5. The third kappa shape index (κ3) is 5.43. The van der Waals surface area contributed by atoms with E-state index < -0.39 is 6.29 Å². The number of rotatable bonds is 6. The highest BCUT2D eigenvalue weighted by atomic mass is 127. The number of ether oxygens (including phenoxy) is 2. The minimum atomic E-state index is -0.616. The molecule has 1 unspecified atom stereocenters. The van der Waals surface area contributed by atoms with Crippen molar-refractivity contribution in [2.45, 2.75) is 6.29 Å². The summed E-state index contributed by atoms with van der Waals surface area (Å²) in [5.74, 6) is 1.43. The average molecular weight is 636 g/mol. The predicted octanol–water partition coefficient (Wildman–Crippen LogP) is 7.13. The van der Waals surface area contributed by atoms with Crippen LogP contribution in [0.1, 0.15) is 11.9 Å². The monoisotopic (exact) mass is 636 g/mol. The van der Waals surface area contributed by atoms with Gasteiger partial charge in [0.2, 0.25) is 0 Å². The van der Waals surface area contributed by atoms with Crippen molar-refractivity contribution in [3.05, 3.63) is 104 Å². The molecule has 0 fully saturated rings. The Morgan fingerprint density at radius 3 is 1.84 bits per heavy atom. The van der Waals surface area contributed by atoms with Crippen LogP contribution in [0.25, 0.3) is 11.1 Å². The third-order valence-electron chi connectivity index (χ3n) is 4.60. The topological polar surface area (TPSA) is 58.9 Å². The van der Waals surface area contributed by atoms with E-state index in [1.165, 1.54) is 6.07 Å². The van der Waals surface area contributed by atoms with Gasteiger partial charge >= 0.3 is 0 Å². The number of phenols is 2. The van der Waals surface area contributed by atoms with E-state index in [2.05, 4.69) is 22.6 Å². The van der Waals surface area contributed by atoms with Crippen molar-refractivity contribution < 1.29 is 19.7 Å². The van der Waals surface area contributed by atoms with Crippen LogP contribution in [0.15, 0.2) is 91.0 Å². The van der Waals surface area contributed by atoms with Crippen molar-refractivity contribution in [2.24, 2.45) is 0 Å². The maximum absolute atomic E-state index is 10.2. The number of aromatic hydroxyl groups is 2. The molecule has 0 saturated heterocycles. The summed E-state index contributed by atoms with van der Waals surface area (Å²) in [5, 5.41) is 20.0. The Morgan fingerprint density at radius 2 is 1.23 bits per heavy atom. The molecule has 1 atom stereocenters. The van der Waals surface area contributed by atoms with Crippen LogP contribution >= 0.6 is 45.2 Å². The summed E-state index contributed by atoms with van der Waals surface area (Å²) in [6.07, 6.45) is -0.616. The first kappa shape index (κ1) is 21.8. The summed E-state index contributed by atoms with van der Waals surface area (Å²) in [5.41, 5.74) is 2.36. The van der Waals surface area contributed by atoms with E-state index in [1.54, 1.807) is 6.07 Å². The molecule has 4 aromatic rings. The fourth-order valence-corrected chi connectivity index (χ4v) is 3.85. The van der Waals surface area contributed by atoms with Gasteiger partial charge in [0.05, 0.1) is 3.57 Å². The molecule has 2 N–H and O–H groups in total. The highest BCUT2D eigenvalue weighted by Crippen LogP contribution is 2.36. The predicted molar refractivity (Wildman–Crippen MR) is 138 cm³/mol. The molecule has 0 bridgehead atoms. The van der Waals surface area contributed by atoms with E-state index in [0.29, 0.717) is 14.9 Å². The molecular weight excluding hydrogens is 618 g/mol. The molecule has 4 rings (SSSR count). The van der Waals surface area contributed by atoms with Crippen molar-refractivity contribution in [1.29, 1.82) is 0 Å². The normalized spacial score (nSPS) is 11.7. The molecule has 0 radical (unpaired) electrons. The number of benzene rings is 4. The Hall–Kier alpha value is -2.46. The molecule has 4 aromatic carbocycles. The first-order valence-electron chi connectivity index (χ1n) is 9.45. The number of hydrogen-bond acceptors (Lipinski definition) is 4. The summed E-state index contributed by atoms with van der Waals surface area (Å²) in [4.78, 5) is 0. The van der Waals surface area contributed by atoms with Gasteiger partial charge < -0.3 is 19.7 Å². The van der Waals surface area contributed by atoms with E-state index in [1.807, 2.05) is 101 Å². The highest BCUT2D eigenvalue weighted by Gasteiger charge is 2.16. The Morgan fingerprint density at radius 1 is 0.645 bits per heavy atom. The van der Waals surface area contributed by atoms with Crippen molar-refractivity contribution in [1.82, 2.24) is 0 Å². The summed E-state index contributed by atoms with van der Waals surface area (Å²) >= 11 is 4.29. The first-order chi connectivity index (χ1) is 15.0. The highest BCUT2D eigenvalue weighted by molar-refractivity contribution is 14.1. The molecule has 0 aliphatic heterocycles. The standard InChI is InChI=1S/C25H18I2O4/c26-18-8-12-20(13-9-18)31-25(17-4-2-1-3-5-17)30-19-10-6-16(7-11-19)21-14-22(27)24(29)15-23(21)28/h1-15,25,28-29H. The summed E-state index contributed by atoms with van der Waals surface area (Å²) in [7, 11) is 0. The van der Waals surface area contributed by atoms with Gasteiger partial charge in [0.1, 0.15) is 23.0 Å². The zero-order chi connectivity index (χ0) is 21.8. The van der Waals surface area contributed by atoms with Gasteiger partial charge in [-0.2, -0.15) is 0 Å². The largest absolute Gasteiger partial charge is 0.507 e. The maximum atomic E-state index is 10.2. The van der Waals surface area contributed by atoms with Crippen LogP contribution in [0, 0.1) is 7.14 Å². The minimum Gasteiger partial charge on any atom is -0.507 e. The second-order valence-corrected chi connectivity index (χ2v) is 9.19. The van der Waals surface area contributed by atoms with Crippen LogP contribution in [0.3, 0.4) is 0 Å². The van der Waals surface area contributed by atoms with Gasteiger partial charge in [-0.25, -0.2) is 0 Å². The van der Waals surface area contributed by atoms with Gasteiger partial charge in [-0.3, -0.25) is 0 Å². The summed E-state index contributed by atoms with van der Waals surface area (Å²) < 4.78 is 14.1. The molecule has 0 aliphatic rings. The molecule has 31 heavy (non-hydrogen) atoms. The van der Waals surface area contributed by atoms with Gasteiger partial charge in [-0.1, -0.05) is 42.5 Å². The quantitative estimate of drug-likeness (QED) is 0.175. The van der Waals surface area contributed by atoms with E-state index in [4.69, 9.17) is 9.47 Å². The maximum Gasteiger partial charge on any atom is 0.267 e. The van der Waals surface area contributed by atoms with Crippen molar-refractivity contribution in [3.8, 4) is 34.1 Å². The Kier molecular flexibility index (Phi) is 6.86. The average Bonchev–Trinajstić information content (AvgIpc) is 2.78. The lowest BCUT2D eigenvalue weighted by atomic mass is 10.0. The smallest absolute Gasteiger partial charge is 0.267 e. The minimum absolute atomic E-state index is 0.0239. The van der Waals surface area contributed by atoms with Crippen LogP contribution in [0.2, 0.25) is 0 Å². The van der Waals surface area contributed by atoms with Crippen molar-refractivity contribution in [2.75, 3.05) is 0 Å².